The minimum absolute atomic E-state index is 0.00780. The van der Waals surface area contributed by atoms with E-state index in [-0.39, 0.29) is 11.9 Å². The Kier molecular flexibility index (Phi) is 7.25. The van der Waals surface area contributed by atoms with Gasteiger partial charge in [-0.05, 0) is 12.5 Å². The third-order valence-corrected chi connectivity index (χ3v) is 4.33. The van der Waals surface area contributed by atoms with Crippen LogP contribution in [0.25, 0.3) is 0 Å². The molecule has 0 saturated carbocycles. The Morgan fingerprint density at radius 3 is 2.52 bits per heavy atom. The van der Waals surface area contributed by atoms with Crippen LogP contribution >= 0.6 is 11.8 Å². The molecule has 5 nitrogen and oxygen atoms in total. The van der Waals surface area contributed by atoms with E-state index in [0.29, 0.717) is 11.5 Å². The van der Waals surface area contributed by atoms with Gasteiger partial charge < -0.3 is 15.4 Å². The highest BCUT2D eigenvalue weighted by molar-refractivity contribution is 8.00. The molecule has 0 aliphatic carbocycles. The summed E-state index contributed by atoms with van der Waals surface area (Å²) >= 11 is 1.34. The average Bonchev–Trinajstić information content (AvgIpc) is 2.53. The summed E-state index contributed by atoms with van der Waals surface area (Å²) in [6.45, 7) is 1.98. The smallest absolute Gasteiger partial charge is 0.323 e. The van der Waals surface area contributed by atoms with Crippen LogP contribution in [0.4, 0.5) is 0 Å². The van der Waals surface area contributed by atoms with Crippen molar-refractivity contribution < 1.29 is 14.3 Å². The van der Waals surface area contributed by atoms with Crippen molar-refractivity contribution in [2.75, 3.05) is 25.7 Å². The number of nitrogens with two attached hydrogens (primary N) is 1. The van der Waals surface area contributed by atoms with Crippen LogP contribution in [0.1, 0.15) is 18.5 Å². The Morgan fingerprint density at radius 2 is 1.95 bits per heavy atom. The summed E-state index contributed by atoms with van der Waals surface area (Å²) in [5, 5.41) is 0. The van der Waals surface area contributed by atoms with Crippen LogP contribution in [0.3, 0.4) is 0 Å². The molecular weight excluding hydrogens is 288 g/mol. The number of carbonyl (C=O) groups excluding carboxylic acids is 2. The van der Waals surface area contributed by atoms with Gasteiger partial charge in [-0.3, -0.25) is 9.59 Å². The van der Waals surface area contributed by atoms with Crippen LogP contribution < -0.4 is 5.73 Å². The number of hydrogen-bond donors (Lipinski definition) is 1. The van der Waals surface area contributed by atoms with E-state index >= 15 is 0 Å². The lowest BCUT2D eigenvalue weighted by Gasteiger charge is -2.25. The van der Waals surface area contributed by atoms with E-state index in [1.807, 2.05) is 37.3 Å². The van der Waals surface area contributed by atoms with Gasteiger partial charge in [0.15, 0.2) is 0 Å². The summed E-state index contributed by atoms with van der Waals surface area (Å²) in [6.07, 6.45) is 0. The van der Waals surface area contributed by atoms with Crippen molar-refractivity contribution in [1.82, 2.24) is 4.90 Å². The van der Waals surface area contributed by atoms with Gasteiger partial charge in [-0.2, -0.15) is 0 Å². The molecule has 0 heterocycles. The highest BCUT2D eigenvalue weighted by atomic mass is 32.2. The fourth-order valence-corrected chi connectivity index (χ4v) is 2.65. The van der Waals surface area contributed by atoms with Gasteiger partial charge in [-0.25, -0.2) is 0 Å². The van der Waals surface area contributed by atoms with Gasteiger partial charge in [-0.15, -0.1) is 11.8 Å². The number of thioether (sulfide) groups is 1. The highest BCUT2D eigenvalue weighted by Crippen LogP contribution is 2.19. The number of amides is 1. The second kappa shape index (κ2) is 8.69. The lowest BCUT2D eigenvalue weighted by Crippen LogP contribution is -2.35. The zero-order chi connectivity index (χ0) is 15.8. The Labute approximate surface area is 129 Å². The molecule has 1 aromatic carbocycles. The van der Waals surface area contributed by atoms with Gasteiger partial charge in [0.05, 0.1) is 18.9 Å². The van der Waals surface area contributed by atoms with Gasteiger partial charge in [0.25, 0.3) is 0 Å². The number of rotatable bonds is 7. The summed E-state index contributed by atoms with van der Waals surface area (Å²) in [7, 11) is 3.08. The number of carbonyl (C=O) groups is 2. The minimum Gasteiger partial charge on any atom is -0.468 e. The lowest BCUT2D eigenvalue weighted by molar-refractivity contribution is -0.141. The molecule has 0 aliphatic heterocycles. The topological polar surface area (TPSA) is 72.6 Å². The average molecular weight is 310 g/mol. The Morgan fingerprint density at radius 1 is 1.33 bits per heavy atom. The first-order valence-corrected chi connectivity index (χ1v) is 7.84. The number of methoxy groups -OCH3 is 1. The molecule has 1 amide bonds. The van der Waals surface area contributed by atoms with E-state index in [2.05, 4.69) is 4.74 Å². The van der Waals surface area contributed by atoms with Crippen molar-refractivity contribution in [2.45, 2.75) is 19.0 Å². The molecule has 0 radical (unpaired) electrons. The predicted molar refractivity (Wildman–Crippen MR) is 84.9 cm³/mol. The number of hydrogen-bond acceptors (Lipinski definition) is 5. The maximum Gasteiger partial charge on any atom is 0.323 e. The van der Waals surface area contributed by atoms with Crippen molar-refractivity contribution in [1.29, 1.82) is 0 Å². The largest absolute Gasteiger partial charge is 0.468 e. The number of esters is 1. The van der Waals surface area contributed by atoms with Gasteiger partial charge >= 0.3 is 5.97 Å². The molecule has 2 unspecified atom stereocenters. The van der Waals surface area contributed by atoms with E-state index in [9.17, 15) is 9.59 Å². The van der Waals surface area contributed by atoms with Crippen LogP contribution in [-0.2, 0) is 14.3 Å². The standard InChI is InChI=1S/C15H22N2O3S/c1-11(12-7-5-4-6-8-12)17(2)14(18)10-21-9-13(16)15(19)20-3/h4-8,11,13H,9-10,16H2,1-3H3. The van der Waals surface area contributed by atoms with E-state index < -0.39 is 12.0 Å². The third kappa shape index (κ3) is 5.40. The summed E-state index contributed by atoms with van der Waals surface area (Å²) in [6, 6.07) is 9.16. The molecule has 0 saturated heterocycles. The van der Waals surface area contributed by atoms with E-state index in [1.165, 1.54) is 18.9 Å². The van der Waals surface area contributed by atoms with Crippen molar-refractivity contribution >= 4 is 23.6 Å². The molecule has 0 fully saturated rings. The number of benzene rings is 1. The zero-order valence-corrected chi connectivity index (χ0v) is 13.4. The molecule has 2 atom stereocenters. The fourth-order valence-electron chi connectivity index (χ4n) is 1.77. The first kappa shape index (κ1) is 17.5. The predicted octanol–water partition coefficient (Wildman–Crippen LogP) is 1.44. The first-order chi connectivity index (χ1) is 9.97. The zero-order valence-electron chi connectivity index (χ0n) is 12.6. The van der Waals surface area contributed by atoms with Crippen molar-refractivity contribution in [3.8, 4) is 0 Å². The normalized spacial score (nSPS) is 13.3. The summed E-state index contributed by atoms with van der Waals surface area (Å²) < 4.78 is 4.54. The summed E-state index contributed by atoms with van der Waals surface area (Å²) in [5.74, 6) is 0.207. The molecule has 116 valence electrons. The maximum absolute atomic E-state index is 12.1. The summed E-state index contributed by atoms with van der Waals surface area (Å²) in [5.41, 5.74) is 6.71. The second-order valence-electron chi connectivity index (χ2n) is 4.74. The van der Waals surface area contributed by atoms with Crippen molar-refractivity contribution in [3.63, 3.8) is 0 Å². The Bertz CT molecular complexity index is 467. The van der Waals surface area contributed by atoms with Gasteiger partial charge in [0.2, 0.25) is 5.91 Å². The lowest BCUT2D eigenvalue weighted by atomic mass is 10.1. The van der Waals surface area contributed by atoms with Crippen LogP contribution in [-0.4, -0.2) is 48.5 Å². The molecule has 0 bridgehead atoms. The molecule has 21 heavy (non-hydrogen) atoms. The number of nitrogens with zero attached hydrogens (tertiary/aromatic N) is 1. The van der Waals surface area contributed by atoms with Crippen molar-refractivity contribution in [2.24, 2.45) is 5.73 Å². The van der Waals surface area contributed by atoms with Crippen LogP contribution in [0, 0.1) is 0 Å². The minimum atomic E-state index is -0.690. The Hall–Kier alpha value is -1.53. The molecule has 0 spiro atoms. The number of ether oxygens (including phenoxy) is 1. The van der Waals surface area contributed by atoms with Crippen LogP contribution in [0.5, 0.6) is 0 Å². The van der Waals surface area contributed by atoms with E-state index in [0.717, 1.165) is 5.56 Å². The first-order valence-electron chi connectivity index (χ1n) is 6.69. The monoisotopic (exact) mass is 310 g/mol. The molecule has 2 N–H and O–H groups in total. The Balaban J connectivity index is 2.43. The van der Waals surface area contributed by atoms with Crippen LogP contribution in [0.2, 0.25) is 0 Å². The molecule has 6 heteroatoms. The van der Waals surface area contributed by atoms with Gasteiger partial charge in [0, 0.05) is 12.8 Å². The molecule has 1 rings (SSSR count). The van der Waals surface area contributed by atoms with Crippen LogP contribution in [0.15, 0.2) is 30.3 Å². The summed E-state index contributed by atoms with van der Waals surface area (Å²) in [4.78, 5) is 25.0. The third-order valence-electron chi connectivity index (χ3n) is 3.28. The quantitative estimate of drug-likeness (QED) is 0.772. The highest BCUT2D eigenvalue weighted by Gasteiger charge is 2.19. The maximum atomic E-state index is 12.1. The molecule has 1 aromatic rings. The SMILES string of the molecule is COC(=O)C(N)CSCC(=O)N(C)C(C)c1ccccc1. The van der Waals surface area contributed by atoms with Gasteiger partial charge in [0.1, 0.15) is 6.04 Å². The van der Waals surface area contributed by atoms with Crippen molar-refractivity contribution in [3.05, 3.63) is 35.9 Å². The van der Waals surface area contributed by atoms with Gasteiger partial charge in [-0.1, -0.05) is 30.3 Å². The van der Waals surface area contributed by atoms with E-state index in [1.54, 1.807) is 11.9 Å². The van der Waals surface area contributed by atoms with E-state index in [4.69, 9.17) is 5.73 Å². The second-order valence-corrected chi connectivity index (χ2v) is 5.77. The fraction of sp³-hybridized carbons (Fsp3) is 0.467. The molecule has 0 aromatic heterocycles. The molecular formula is C15H22N2O3S. The molecule has 0 aliphatic rings.